The van der Waals surface area contributed by atoms with Crippen molar-refractivity contribution in [1.82, 2.24) is 5.32 Å². The van der Waals surface area contributed by atoms with Crippen molar-refractivity contribution < 1.29 is 44.3 Å². The number of hydrogen-bond donors (Lipinski definition) is 6. The Morgan fingerprint density at radius 1 is 0.765 bits per heavy atom. The highest BCUT2D eigenvalue weighted by Gasteiger charge is 2.27. The molecule has 268 valence electrons. The predicted octanol–water partition coefficient (Wildman–Crippen LogP) is 4.93. The third kappa shape index (κ3) is 7.94. The van der Waals surface area contributed by atoms with E-state index < -0.39 is 12.3 Å². The number of aliphatic hydroxyl groups excluding tert-OH is 4. The molecule has 12 nitrogen and oxygen atoms in total. The van der Waals surface area contributed by atoms with Crippen LogP contribution in [0, 0.1) is 6.92 Å². The molecule has 0 bridgehead atoms. The minimum Gasteiger partial charge on any atom is -0.493 e. The van der Waals surface area contributed by atoms with Crippen molar-refractivity contribution in [2.75, 3.05) is 25.6 Å². The van der Waals surface area contributed by atoms with Gasteiger partial charge in [0.1, 0.15) is 11.9 Å². The Morgan fingerprint density at radius 3 is 2.14 bits per heavy atom. The second kappa shape index (κ2) is 16.3. The van der Waals surface area contributed by atoms with Crippen LogP contribution in [0.3, 0.4) is 0 Å². The van der Waals surface area contributed by atoms with Gasteiger partial charge in [0.2, 0.25) is 0 Å². The van der Waals surface area contributed by atoms with Crippen LogP contribution >= 0.6 is 0 Å². The summed E-state index contributed by atoms with van der Waals surface area (Å²) >= 11 is 0. The van der Waals surface area contributed by atoms with Crippen LogP contribution in [0.15, 0.2) is 71.9 Å². The molecule has 1 amide bonds. The van der Waals surface area contributed by atoms with Crippen molar-refractivity contribution in [3.63, 3.8) is 0 Å². The molecule has 0 spiro atoms. The first-order chi connectivity index (χ1) is 24.8. The number of aryl methyl sites for hydroxylation is 1. The molecule has 0 aliphatic carbocycles. The SMILES string of the molecule is COc1ccc(C2=NOC(c3cc(CO)c(CO)c(CO)c3)C2)cc1OCCCCOc1ccc(C2NC(=O)c3cc(C)ccc3N2)cc1CO. The highest BCUT2D eigenvalue weighted by molar-refractivity contribution is 6.02. The van der Waals surface area contributed by atoms with E-state index in [9.17, 15) is 25.2 Å². The monoisotopic (exact) mass is 697 g/mol. The number of methoxy groups -OCH3 is 1. The Hall–Kier alpha value is -5.14. The van der Waals surface area contributed by atoms with E-state index in [1.807, 2.05) is 61.5 Å². The zero-order valence-corrected chi connectivity index (χ0v) is 28.6. The van der Waals surface area contributed by atoms with Gasteiger partial charge in [-0.05, 0) is 102 Å². The third-order valence-corrected chi connectivity index (χ3v) is 9.13. The number of nitrogens with one attached hydrogen (secondary N) is 2. The minimum absolute atomic E-state index is 0.151. The van der Waals surface area contributed by atoms with E-state index in [-0.39, 0.29) is 32.3 Å². The number of anilines is 1. The third-order valence-electron chi connectivity index (χ3n) is 9.13. The standard InChI is InChI=1S/C39H43N3O9/c1-23-5-8-32-30(13-23)39(47)41-38(40-32)25-7-9-34(29(14-25)21-45)49-11-3-4-12-50-37-17-24(6-10-35(37)48-2)33-18-36(51-42-33)26-15-27(19-43)31(22-46)28(16-26)20-44/h5-10,13-17,36,38,40,43-46H,3-4,11-12,18-22H2,1-2H3,(H,41,47). The Labute approximate surface area is 296 Å². The van der Waals surface area contributed by atoms with Crippen molar-refractivity contribution in [3.05, 3.63) is 117 Å². The van der Waals surface area contributed by atoms with Gasteiger partial charge in [0.15, 0.2) is 17.6 Å². The lowest BCUT2D eigenvalue weighted by Crippen LogP contribution is -2.38. The zero-order valence-electron chi connectivity index (χ0n) is 28.6. The fourth-order valence-corrected chi connectivity index (χ4v) is 6.34. The summed E-state index contributed by atoms with van der Waals surface area (Å²) in [6.07, 6.45) is 1.03. The molecule has 0 aromatic heterocycles. The number of carbonyl (C=O) groups excluding carboxylic acids is 1. The summed E-state index contributed by atoms with van der Waals surface area (Å²) in [5.74, 6) is 1.58. The van der Waals surface area contributed by atoms with Crippen molar-refractivity contribution in [1.29, 1.82) is 0 Å². The fourth-order valence-electron chi connectivity index (χ4n) is 6.34. The van der Waals surface area contributed by atoms with Gasteiger partial charge in [-0.1, -0.05) is 22.9 Å². The first-order valence-electron chi connectivity index (χ1n) is 16.9. The van der Waals surface area contributed by atoms with E-state index in [0.717, 1.165) is 33.7 Å². The van der Waals surface area contributed by atoms with E-state index in [2.05, 4.69) is 15.8 Å². The molecule has 2 atom stereocenters. The number of fused-ring (bicyclic) bond motifs is 1. The van der Waals surface area contributed by atoms with Crippen LogP contribution in [0.1, 0.15) is 86.4 Å². The number of oxime groups is 1. The summed E-state index contributed by atoms with van der Waals surface area (Å²) < 4.78 is 17.7. The quantitative estimate of drug-likeness (QED) is 0.0937. The maximum Gasteiger partial charge on any atom is 0.255 e. The smallest absolute Gasteiger partial charge is 0.255 e. The van der Waals surface area contributed by atoms with Crippen LogP contribution in [0.4, 0.5) is 5.69 Å². The van der Waals surface area contributed by atoms with Gasteiger partial charge in [-0.25, -0.2) is 0 Å². The van der Waals surface area contributed by atoms with Gasteiger partial charge in [0, 0.05) is 23.2 Å². The van der Waals surface area contributed by atoms with E-state index in [1.54, 1.807) is 19.2 Å². The second-order valence-electron chi connectivity index (χ2n) is 12.5. The normalized spacial score (nSPS) is 16.4. The molecule has 2 aliphatic heterocycles. The number of ether oxygens (including phenoxy) is 3. The summed E-state index contributed by atoms with van der Waals surface area (Å²) in [4.78, 5) is 18.5. The van der Waals surface area contributed by atoms with Crippen molar-refractivity contribution >= 4 is 17.3 Å². The zero-order chi connectivity index (χ0) is 35.9. The van der Waals surface area contributed by atoms with E-state index in [0.29, 0.717) is 77.5 Å². The van der Waals surface area contributed by atoms with Gasteiger partial charge in [-0.15, -0.1) is 0 Å². The number of benzene rings is 4. The van der Waals surface area contributed by atoms with Crippen molar-refractivity contribution in [2.24, 2.45) is 5.16 Å². The van der Waals surface area contributed by atoms with Crippen molar-refractivity contribution in [3.8, 4) is 17.2 Å². The molecular formula is C39H43N3O9. The Balaban J connectivity index is 1.01. The Morgan fingerprint density at radius 2 is 1.45 bits per heavy atom. The van der Waals surface area contributed by atoms with Gasteiger partial charge >= 0.3 is 0 Å². The molecule has 2 unspecified atom stereocenters. The highest BCUT2D eigenvalue weighted by Crippen LogP contribution is 2.35. The van der Waals surface area contributed by atoms with Crippen LogP contribution in [0.2, 0.25) is 0 Å². The van der Waals surface area contributed by atoms with Crippen molar-refractivity contribution in [2.45, 2.75) is 64.9 Å². The molecule has 0 fully saturated rings. The van der Waals surface area contributed by atoms with Gasteiger partial charge in [-0.3, -0.25) is 4.79 Å². The molecule has 2 heterocycles. The van der Waals surface area contributed by atoms with E-state index in [4.69, 9.17) is 19.0 Å². The van der Waals surface area contributed by atoms with Gasteiger partial charge in [-0.2, -0.15) is 0 Å². The van der Waals surface area contributed by atoms with Crippen LogP contribution in [0.5, 0.6) is 17.2 Å². The number of hydrogen-bond acceptors (Lipinski definition) is 11. The van der Waals surface area contributed by atoms with E-state index in [1.165, 1.54) is 0 Å². The van der Waals surface area contributed by atoms with Gasteiger partial charge < -0.3 is 50.1 Å². The molecule has 0 radical (unpaired) electrons. The molecule has 4 aromatic carbocycles. The summed E-state index contributed by atoms with van der Waals surface area (Å²) in [5.41, 5.74) is 7.70. The number of rotatable bonds is 15. The molecular weight excluding hydrogens is 654 g/mol. The average molecular weight is 698 g/mol. The maximum atomic E-state index is 12.7. The Bertz CT molecular complexity index is 1890. The fraction of sp³-hybridized carbons (Fsp3) is 0.333. The largest absolute Gasteiger partial charge is 0.493 e. The summed E-state index contributed by atoms with van der Waals surface area (Å²) in [7, 11) is 1.58. The first-order valence-corrected chi connectivity index (χ1v) is 16.9. The van der Waals surface area contributed by atoms with Crippen LogP contribution < -0.4 is 24.8 Å². The lowest BCUT2D eigenvalue weighted by atomic mass is 9.93. The van der Waals surface area contributed by atoms with Gasteiger partial charge in [0.05, 0.1) is 58.0 Å². The number of aliphatic hydroxyl groups is 4. The van der Waals surface area contributed by atoms with Crippen LogP contribution in [-0.2, 0) is 31.3 Å². The van der Waals surface area contributed by atoms with Crippen LogP contribution in [-0.4, -0.2) is 52.4 Å². The number of amides is 1. The maximum absolute atomic E-state index is 12.7. The topological polar surface area (TPSA) is 171 Å². The summed E-state index contributed by atoms with van der Waals surface area (Å²) in [5, 5.41) is 50.0. The molecule has 6 N–H and O–H groups in total. The number of nitrogens with zero attached hydrogens (tertiary/aromatic N) is 1. The number of carbonyl (C=O) groups is 1. The molecule has 0 saturated heterocycles. The first kappa shape index (κ1) is 35.7. The average Bonchev–Trinajstić information content (AvgIpc) is 3.66. The second-order valence-corrected chi connectivity index (χ2v) is 12.5. The van der Waals surface area contributed by atoms with E-state index >= 15 is 0 Å². The molecule has 2 aliphatic rings. The molecule has 4 aromatic rings. The molecule has 0 saturated carbocycles. The number of unbranched alkanes of at least 4 members (excludes halogenated alkanes) is 1. The lowest BCUT2D eigenvalue weighted by molar-refractivity contribution is 0.0853. The van der Waals surface area contributed by atoms with Crippen LogP contribution in [0.25, 0.3) is 0 Å². The molecule has 12 heteroatoms. The predicted molar refractivity (Wildman–Crippen MR) is 190 cm³/mol. The lowest BCUT2D eigenvalue weighted by Gasteiger charge is -2.29. The molecule has 6 rings (SSSR count). The minimum atomic E-state index is -0.431. The van der Waals surface area contributed by atoms with Gasteiger partial charge in [0.25, 0.3) is 5.91 Å². The highest BCUT2D eigenvalue weighted by atomic mass is 16.6. The summed E-state index contributed by atoms with van der Waals surface area (Å²) in [6, 6.07) is 20.4. The summed E-state index contributed by atoms with van der Waals surface area (Å²) in [6.45, 7) is 1.76. The molecule has 51 heavy (non-hydrogen) atoms. The Kier molecular flexibility index (Phi) is 11.4.